The Morgan fingerprint density at radius 1 is 0.950 bits per heavy atom. The van der Waals surface area contributed by atoms with Gasteiger partial charge < -0.3 is 5.32 Å². The van der Waals surface area contributed by atoms with Gasteiger partial charge >= 0.3 is 6.18 Å². The fraction of sp³-hybridized carbons (Fsp3) is 0.133. The van der Waals surface area contributed by atoms with E-state index in [-0.39, 0.29) is 5.56 Å². The van der Waals surface area contributed by atoms with E-state index in [1.165, 1.54) is 6.07 Å². The number of carbonyl (C=O) groups excluding carboxylic acids is 1. The molecule has 0 fully saturated rings. The molecule has 1 N–H and O–H groups in total. The van der Waals surface area contributed by atoms with Crippen LogP contribution in [0.2, 0.25) is 0 Å². The molecule has 0 heterocycles. The molecule has 0 aliphatic heterocycles. The van der Waals surface area contributed by atoms with Crippen molar-refractivity contribution < 1.29 is 18.0 Å². The molecule has 2 aromatic carbocycles. The zero-order valence-corrected chi connectivity index (χ0v) is 10.4. The molecular weight excluding hydrogens is 267 g/mol. The van der Waals surface area contributed by atoms with E-state index in [0.29, 0.717) is 5.56 Å². The Bertz CT molecular complexity index is 594. The molecule has 0 aliphatic rings. The first-order valence-corrected chi connectivity index (χ1v) is 5.97. The van der Waals surface area contributed by atoms with Gasteiger partial charge in [0.05, 0.1) is 0 Å². The maximum absolute atomic E-state index is 12.1. The number of benzene rings is 2. The minimum atomic E-state index is -4.42. The zero-order valence-electron chi connectivity index (χ0n) is 10.4. The van der Waals surface area contributed by atoms with Crippen molar-refractivity contribution in [3.63, 3.8) is 0 Å². The summed E-state index contributed by atoms with van der Waals surface area (Å²) in [7, 11) is 0. The van der Waals surface area contributed by atoms with E-state index in [4.69, 9.17) is 0 Å². The monoisotopic (exact) mass is 279 g/mol. The third-order valence-corrected chi connectivity index (χ3v) is 2.71. The quantitative estimate of drug-likeness (QED) is 0.913. The van der Waals surface area contributed by atoms with Gasteiger partial charge in [-0.3, -0.25) is 4.79 Å². The van der Waals surface area contributed by atoms with Crippen molar-refractivity contribution >= 4 is 5.91 Å². The average Bonchev–Trinajstić information content (AvgIpc) is 2.45. The van der Waals surface area contributed by atoms with Gasteiger partial charge in [-0.1, -0.05) is 48.5 Å². The molecule has 2 rings (SSSR count). The van der Waals surface area contributed by atoms with Gasteiger partial charge in [-0.15, -0.1) is 0 Å². The van der Waals surface area contributed by atoms with Crippen molar-refractivity contribution in [1.29, 1.82) is 0 Å². The molecule has 0 saturated carbocycles. The number of alkyl halides is 3. The van der Waals surface area contributed by atoms with Crippen LogP contribution in [0.1, 0.15) is 10.4 Å². The highest BCUT2D eigenvalue weighted by Gasteiger charge is 2.28. The molecule has 0 spiro atoms. The summed E-state index contributed by atoms with van der Waals surface area (Å²) in [5, 5.41) is 1.89. The number of halogens is 3. The molecule has 0 saturated heterocycles. The Balaban J connectivity index is 2.27. The number of nitrogens with one attached hydrogen (secondary N) is 1. The van der Waals surface area contributed by atoms with E-state index in [1.807, 2.05) is 11.4 Å². The van der Waals surface area contributed by atoms with Gasteiger partial charge in [0.2, 0.25) is 0 Å². The molecule has 0 unspecified atom stereocenters. The molecule has 2 aromatic rings. The second-order valence-electron chi connectivity index (χ2n) is 4.21. The molecule has 0 atom stereocenters. The number of amides is 1. The van der Waals surface area contributed by atoms with Crippen LogP contribution in [0.3, 0.4) is 0 Å². The van der Waals surface area contributed by atoms with Gasteiger partial charge in [0, 0.05) is 5.56 Å². The Morgan fingerprint density at radius 3 is 2.20 bits per heavy atom. The van der Waals surface area contributed by atoms with Crippen molar-refractivity contribution in [2.45, 2.75) is 6.18 Å². The molecular formula is C15H12F3NO. The number of hydrogen-bond acceptors (Lipinski definition) is 1. The predicted octanol–water partition coefficient (Wildman–Crippen LogP) is 3.65. The molecule has 0 radical (unpaired) electrons. The van der Waals surface area contributed by atoms with Gasteiger partial charge in [0.25, 0.3) is 5.91 Å². The predicted molar refractivity (Wildman–Crippen MR) is 70.3 cm³/mol. The largest absolute Gasteiger partial charge is 0.405 e. The first kappa shape index (κ1) is 14.1. The van der Waals surface area contributed by atoms with E-state index in [2.05, 4.69) is 0 Å². The standard InChI is InChI=1S/C15H12F3NO/c16-15(17,18)10-19-14(20)13-9-5-4-8-12(13)11-6-2-1-3-7-11/h1-9H,10H2,(H,19,20). The number of carbonyl (C=O) groups is 1. The zero-order chi connectivity index (χ0) is 14.6. The maximum atomic E-state index is 12.1. The lowest BCUT2D eigenvalue weighted by Crippen LogP contribution is -2.33. The number of hydrogen-bond donors (Lipinski definition) is 1. The summed E-state index contributed by atoms with van der Waals surface area (Å²) in [6, 6.07) is 15.6. The Labute approximate surface area is 114 Å². The van der Waals surface area contributed by atoms with E-state index in [9.17, 15) is 18.0 Å². The lowest BCUT2D eigenvalue weighted by atomic mass is 9.99. The van der Waals surface area contributed by atoms with Crippen LogP contribution in [-0.2, 0) is 0 Å². The SMILES string of the molecule is O=C(NCC(F)(F)F)c1ccccc1-c1ccccc1. The van der Waals surface area contributed by atoms with Crippen molar-refractivity contribution in [2.75, 3.05) is 6.54 Å². The number of rotatable bonds is 3. The van der Waals surface area contributed by atoms with Crippen LogP contribution < -0.4 is 5.32 Å². The molecule has 2 nitrogen and oxygen atoms in total. The molecule has 0 bridgehead atoms. The third kappa shape index (κ3) is 3.60. The first-order valence-electron chi connectivity index (χ1n) is 5.97. The lowest BCUT2D eigenvalue weighted by Gasteiger charge is -2.11. The second kappa shape index (κ2) is 5.77. The first-order chi connectivity index (χ1) is 9.47. The van der Waals surface area contributed by atoms with Crippen molar-refractivity contribution in [2.24, 2.45) is 0 Å². The van der Waals surface area contributed by atoms with Crippen LogP contribution in [0.4, 0.5) is 13.2 Å². The summed E-state index contributed by atoms with van der Waals surface area (Å²) >= 11 is 0. The summed E-state index contributed by atoms with van der Waals surface area (Å²) in [6.07, 6.45) is -4.42. The van der Waals surface area contributed by atoms with Crippen LogP contribution in [0.5, 0.6) is 0 Å². The summed E-state index contributed by atoms with van der Waals surface area (Å²) in [5.74, 6) is -0.734. The highest BCUT2D eigenvalue weighted by atomic mass is 19.4. The fourth-order valence-corrected chi connectivity index (χ4v) is 1.83. The summed E-state index contributed by atoms with van der Waals surface area (Å²) < 4.78 is 36.4. The van der Waals surface area contributed by atoms with Crippen LogP contribution in [-0.4, -0.2) is 18.6 Å². The smallest absolute Gasteiger partial charge is 0.343 e. The summed E-state index contributed by atoms with van der Waals surface area (Å²) in [5.41, 5.74) is 1.61. The van der Waals surface area contributed by atoms with Crippen LogP contribution in [0.25, 0.3) is 11.1 Å². The maximum Gasteiger partial charge on any atom is 0.405 e. The van der Waals surface area contributed by atoms with Crippen LogP contribution in [0.15, 0.2) is 54.6 Å². The third-order valence-electron chi connectivity index (χ3n) is 2.71. The van der Waals surface area contributed by atoms with Gasteiger partial charge in [0.1, 0.15) is 6.54 Å². The molecule has 0 aliphatic carbocycles. The second-order valence-corrected chi connectivity index (χ2v) is 4.21. The molecule has 1 amide bonds. The van der Waals surface area contributed by atoms with E-state index >= 15 is 0 Å². The minimum Gasteiger partial charge on any atom is -0.343 e. The normalized spacial score (nSPS) is 11.2. The fourth-order valence-electron chi connectivity index (χ4n) is 1.83. The molecule has 0 aromatic heterocycles. The Morgan fingerprint density at radius 2 is 1.55 bits per heavy atom. The van der Waals surface area contributed by atoms with Gasteiger partial charge in [-0.2, -0.15) is 13.2 Å². The topological polar surface area (TPSA) is 29.1 Å². The van der Waals surface area contributed by atoms with Crippen LogP contribution >= 0.6 is 0 Å². The average molecular weight is 279 g/mol. The lowest BCUT2D eigenvalue weighted by molar-refractivity contribution is -0.123. The highest BCUT2D eigenvalue weighted by Crippen LogP contribution is 2.23. The minimum absolute atomic E-state index is 0.225. The van der Waals surface area contributed by atoms with E-state index in [1.54, 1.807) is 42.5 Å². The Kier molecular flexibility index (Phi) is 4.08. The van der Waals surface area contributed by atoms with Gasteiger partial charge in [0.15, 0.2) is 0 Å². The highest BCUT2D eigenvalue weighted by molar-refractivity contribution is 6.00. The van der Waals surface area contributed by atoms with E-state index < -0.39 is 18.6 Å². The van der Waals surface area contributed by atoms with Gasteiger partial charge in [-0.05, 0) is 17.2 Å². The van der Waals surface area contributed by atoms with E-state index in [0.717, 1.165) is 5.56 Å². The Hall–Kier alpha value is -2.30. The molecule has 104 valence electrons. The van der Waals surface area contributed by atoms with Crippen molar-refractivity contribution in [3.05, 3.63) is 60.2 Å². The van der Waals surface area contributed by atoms with Crippen molar-refractivity contribution in [3.8, 4) is 11.1 Å². The van der Waals surface area contributed by atoms with Crippen molar-refractivity contribution in [1.82, 2.24) is 5.32 Å². The van der Waals surface area contributed by atoms with Crippen LogP contribution in [0, 0.1) is 0 Å². The van der Waals surface area contributed by atoms with Gasteiger partial charge in [-0.25, -0.2) is 0 Å². The molecule has 20 heavy (non-hydrogen) atoms. The summed E-state index contributed by atoms with van der Waals surface area (Å²) in [6.45, 7) is -1.34. The summed E-state index contributed by atoms with van der Waals surface area (Å²) in [4.78, 5) is 11.9. The molecule has 5 heteroatoms.